The molecule has 2 aromatic heterocycles. The summed E-state index contributed by atoms with van der Waals surface area (Å²) in [5.74, 6) is 1.07. The number of rotatable bonds is 3. The van der Waals surface area contributed by atoms with Crippen LogP contribution in [0.1, 0.15) is 12.5 Å². The summed E-state index contributed by atoms with van der Waals surface area (Å²) >= 11 is 0. The predicted molar refractivity (Wildman–Crippen MR) is 76.2 cm³/mol. The minimum atomic E-state index is -3.77. The summed E-state index contributed by atoms with van der Waals surface area (Å²) < 4.78 is 34.3. The Morgan fingerprint density at radius 1 is 1.41 bits per heavy atom. The van der Waals surface area contributed by atoms with Gasteiger partial charge in [0.1, 0.15) is 18.2 Å². The highest BCUT2D eigenvalue weighted by Crippen LogP contribution is 2.31. The van der Waals surface area contributed by atoms with E-state index in [1.165, 1.54) is 16.9 Å². The molecular formula is C12H12N6O3S. The molecule has 2 N–H and O–H groups in total. The Bertz CT molecular complexity index is 960. The molecule has 0 aliphatic carbocycles. The number of aromatic amines is 1. The van der Waals surface area contributed by atoms with Crippen molar-refractivity contribution in [3.63, 3.8) is 0 Å². The zero-order chi connectivity index (χ0) is 15.3. The molecule has 0 radical (unpaired) electrons. The normalized spacial score (nSPS) is 17.4. The average Bonchev–Trinajstić information content (AvgIpc) is 3.13. The van der Waals surface area contributed by atoms with Gasteiger partial charge in [-0.1, -0.05) is 0 Å². The van der Waals surface area contributed by atoms with Crippen molar-refractivity contribution in [2.24, 2.45) is 0 Å². The van der Waals surface area contributed by atoms with Gasteiger partial charge in [0.05, 0.1) is 4.90 Å². The number of H-pyrrole nitrogens is 1. The molecule has 9 nitrogen and oxygen atoms in total. The van der Waals surface area contributed by atoms with Crippen LogP contribution in [0, 0.1) is 0 Å². The van der Waals surface area contributed by atoms with Crippen LogP contribution in [0.3, 0.4) is 0 Å². The van der Waals surface area contributed by atoms with Crippen molar-refractivity contribution in [2.45, 2.75) is 24.3 Å². The van der Waals surface area contributed by atoms with Crippen molar-refractivity contribution < 1.29 is 13.2 Å². The Kier molecular flexibility index (Phi) is 2.64. The molecule has 1 aromatic carbocycles. The van der Waals surface area contributed by atoms with E-state index < -0.39 is 10.0 Å². The van der Waals surface area contributed by atoms with Crippen molar-refractivity contribution >= 4 is 21.7 Å². The topological polar surface area (TPSA) is 114 Å². The van der Waals surface area contributed by atoms with E-state index in [2.05, 4.69) is 25.0 Å². The van der Waals surface area contributed by atoms with Crippen LogP contribution in [0.4, 0.5) is 5.95 Å². The maximum absolute atomic E-state index is 12.5. The van der Waals surface area contributed by atoms with E-state index in [4.69, 9.17) is 4.74 Å². The number of nitrogens with zero attached hydrogens (tertiary/aromatic N) is 4. The Morgan fingerprint density at radius 3 is 3.14 bits per heavy atom. The molecule has 1 unspecified atom stereocenters. The highest BCUT2D eigenvalue weighted by molar-refractivity contribution is 7.92. The number of anilines is 1. The van der Waals surface area contributed by atoms with E-state index in [9.17, 15) is 8.42 Å². The van der Waals surface area contributed by atoms with Gasteiger partial charge in [-0.05, 0) is 30.7 Å². The molecule has 0 saturated carbocycles. The lowest BCUT2D eigenvalue weighted by molar-refractivity contribution is 0.254. The summed E-state index contributed by atoms with van der Waals surface area (Å²) in [6.45, 7) is 1.94. The van der Waals surface area contributed by atoms with Crippen LogP contribution >= 0.6 is 0 Å². The second kappa shape index (κ2) is 4.44. The van der Waals surface area contributed by atoms with Gasteiger partial charge >= 0.3 is 0 Å². The molecule has 22 heavy (non-hydrogen) atoms. The molecule has 114 valence electrons. The Labute approximate surface area is 125 Å². The summed E-state index contributed by atoms with van der Waals surface area (Å²) in [4.78, 5) is 4.03. The van der Waals surface area contributed by atoms with Crippen LogP contribution < -0.4 is 9.46 Å². The van der Waals surface area contributed by atoms with Gasteiger partial charge in [-0.25, -0.2) is 13.1 Å². The number of hydrogen-bond donors (Lipinski definition) is 2. The number of benzene rings is 1. The third-order valence-electron chi connectivity index (χ3n) is 3.42. The summed E-state index contributed by atoms with van der Waals surface area (Å²) in [6.07, 6.45) is 2.15. The Hall–Kier alpha value is -2.62. The van der Waals surface area contributed by atoms with Gasteiger partial charge in [0.2, 0.25) is 0 Å². The summed E-state index contributed by atoms with van der Waals surface area (Å²) in [7, 11) is -3.77. The smallest absolute Gasteiger partial charge is 0.273 e. The van der Waals surface area contributed by atoms with E-state index >= 15 is 0 Å². The maximum atomic E-state index is 12.5. The first-order valence-electron chi connectivity index (χ1n) is 6.60. The van der Waals surface area contributed by atoms with E-state index in [0.717, 1.165) is 11.3 Å². The molecule has 0 amide bonds. The van der Waals surface area contributed by atoms with Gasteiger partial charge < -0.3 is 4.74 Å². The third-order valence-corrected chi connectivity index (χ3v) is 4.74. The SMILES string of the molecule is CC1Cc2cc(S(=O)(=O)Nc3nnc4nc[nH]n34)ccc2O1. The number of aromatic nitrogens is 5. The molecule has 0 saturated heterocycles. The molecule has 1 aliphatic heterocycles. The predicted octanol–water partition coefficient (Wildman–Crippen LogP) is 0.577. The van der Waals surface area contributed by atoms with E-state index in [1.54, 1.807) is 12.1 Å². The van der Waals surface area contributed by atoms with Crippen molar-refractivity contribution in [2.75, 3.05) is 4.72 Å². The van der Waals surface area contributed by atoms with Gasteiger partial charge in [0, 0.05) is 6.42 Å². The van der Waals surface area contributed by atoms with E-state index in [0.29, 0.717) is 6.42 Å². The summed E-state index contributed by atoms with van der Waals surface area (Å²) in [6, 6.07) is 4.79. The largest absolute Gasteiger partial charge is 0.490 e. The Balaban J connectivity index is 1.70. The van der Waals surface area contributed by atoms with Crippen molar-refractivity contribution in [3.8, 4) is 5.75 Å². The molecule has 3 heterocycles. The van der Waals surface area contributed by atoms with Crippen molar-refractivity contribution in [1.29, 1.82) is 0 Å². The summed E-state index contributed by atoms with van der Waals surface area (Å²) in [5.41, 5.74) is 0.878. The lowest BCUT2D eigenvalue weighted by Crippen LogP contribution is -2.15. The molecular weight excluding hydrogens is 308 g/mol. The number of sulfonamides is 1. The fourth-order valence-electron chi connectivity index (χ4n) is 2.43. The zero-order valence-corrected chi connectivity index (χ0v) is 12.3. The first-order valence-corrected chi connectivity index (χ1v) is 8.08. The van der Waals surface area contributed by atoms with Crippen LogP contribution in [0.2, 0.25) is 0 Å². The summed E-state index contributed by atoms with van der Waals surface area (Å²) in [5, 5.41) is 10.2. The highest BCUT2D eigenvalue weighted by atomic mass is 32.2. The van der Waals surface area contributed by atoms with Gasteiger partial charge in [0.25, 0.3) is 21.7 Å². The number of fused-ring (bicyclic) bond motifs is 2. The fourth-order valence-corrected chi connectivity index (χ4v) is 3.47. The second-order valence-electron chi connectivity index (χ2n) is 5.05. The lowest BCUT2D eigenvalue weighted by atomic mass is 10.1. The van der Waals surface area contributed by atoms with Crippen LogP contribution in [0.25, 0.3) is 5.78 Å². The van der Waals surface area contributed by atoms with Gasteiger partial charge in [-0.2, -0.15) is 9.50 Å². The molecule has 1 aliphatic rings. The van der Waals surface area contributed by atoms with Gasteiger partial charge in [-0.15, -0.1) is 10.2 Å². The maximum Gasteiger partial charge on any atom is 0.273 e. The number of hydrogen-bond acceptors (Lipinski definition) is 6. The molecule has 0 spiro atoms. The molecule has 10 heteroatoms. The third kappa shape index (κ3) is 1.99. The minimum Gasteiger partial charge on any atom is -0.490 e. The quantitative estimate of drug-likeness (QED) is 0.729. The molecule has 0 bridgehead atoms. The average molecular weight is 320 g/mol. The number of nitrogens with one attached hydrogen (secondary N) is 2. The monoisotopic (exact) mass is 320 g/mol. The molecule has 1 atom stereocenters. The minimum absolute atomic E-state index is 0.0533. The first-order chi connectivity index (χ1) is 10.5. The molecule has 0 fully saturated rings. The van der Waals surface area contributed by atoms with Crippen LogP contribution in [-0.2, 0) is 16.4 Å². The van der Waals surface area contributed by atoms with E-state index in [-0.39, 0.29) is 22.7 Å². The molecule has 4 rings (SSSR count). The highest BCUT2D eigenvalue weighted by Gasteiger charge is 2.24. The molecule has 3 aromatic rings. The lowest BCUT2D eigenvalue weighted by Gasteiger charge is -2.07. The second-order valence-corrected chi connectivity index (χ2v) is 6.74. The van der Waals surface area contributed by atoms with Crippen molar-refractivity contribution in [1.82, 2.24) is 24.8 Å². The number of ether oxygens (including phenoxy) is 1. The van der Waals surface area contributed by atoms with Crippen LogP contribution in [0.15, 0.2) is 29.4 Å². The zero-order valence-electron chi connectivity index (χ0n) is 11.5. The fraction of sp³-hybridized carbons (Fsp3) is 0.250. The van der Waals surface area contributed by atoms with Gasteiger partial charge in [0.15, 0.2) is 0 Å². The van der Waals surface area contributed by atoms with Crippen molar-refractivity contribution in [3.05, 3.63) is 30.1 Å². The van der Waals surface area contributed by atoms with Crippen LogP contribution in [0.5, 0.6) is 5.75 Å². The Morgan fingerprint density at radius 2 is 2.27 bits per heavy atom. The van der Waals surface area contributed by atoms with E-state index in [1.807, 2.05) is 6.92 Å². The first kappa shape index (κ1) is 13.1. The van der Waals surface area contributed by atoms with Gasteiger partial charge in [-0.3, -0.25) is 5.10 Å². The van der Waals surface area contributed by atoms with Crippen LogP contribution in [-0.4, -0.2) is 39.3 Å². The standard InChI is InChI=1S/C12H12N6O3S/c1-7-4-8-5-9(2-3-10(8)21-7)22(19,20)17-12-16-15-11-13-6-14-18(11)12/h2-3,5-7H,4H2,1H3,(H,16,17)(H,13,14,15).